The lowest BCUT2D eigenvalue weighted by molar-refractivity contribution is -0.308. The van der Waals surface area contributed by atoms with Gasteiger partial charge in [0, 0.05) is 0 Å². The van der Waals surface area contributed by atoms with Crippen molar-refractivity contribution in [2.24, 2.45) is 0 Å². The number of carboxylic acid groups (broad SMARTS) is 1. The number of aromatic nitrogens is 2. The number of nitrogens with zero attached hydrogens (tertiary/aromatic N) is 1. The van der Waals surface area contributed by atoms with E-state index in [4.69, 9.17) is 0 Å². The van der Waals surface area contributed by atoms with E-state index in [1.54, 1.807) is 54.6 Å². The second-order valence-electron chi connectivity index (χ2n) is 6.62. The molecule has 0 aliphatic carbocycles. The first-order valence-electron chi connectivity index (χ1n) is 9.22. The second-order valence-corrected chi connectivity index (χ2v) is 7.61. The van der Waals surface area contributed by atoms with Crippen LogP contribution >= 0.6 is 11.8 Å². The quantitative estimate of drug-likeness (QED) is 0.543. The maximum atomic E-state index is 13.1. The van der Waals surface area contributed by atoms with Crippen LogP contribution in [0.3, 0.4) is 0 Å². The molecule has 0 radical (unpaired) electrons. The summed E-state index contributed by atoms with van der Waals surface area (Å²) in [7, 11) is 0. The van der Waals surface area contributed by atoms with Crippen LogP contribution in [0.4, 0.5) is 0 Å². The van der Waals surface area contributed by atoms with E-state index in [0.717, 1.165) is 4.57 Å². The summed E-state index contributed by atoms with van der Waals surface area (Å²) in [5, 5.41) is 14.3. The van der Waals surface area contributed by atoms with Crippen LogP contribution in [0.2, 0.25) is 0 Å². The zero-order valence-electron chi connectivity index (χ0n) is 16.2. The number of aliphatic carboxylic acids is 1. The van der Waals surface area contributed by atoms with E-state index in [1.807, 2.05) is 6.26 Å². The normalized spacial score (nSPS) is 13.0. The molecule has 0 aliphatic heterocycles. The molecule has 30 heavy (non-hydrogen) atoms. The minimum Gasteiger partial charge on any atom is -0.548 e. The van der Waals surface area contributed by atoms with Gasteiger partial charge in [0.1, 0.15) is 6.04 Å². The third kappa shape index (κ3) is 4.46. The molecule has 0 saturated carbocycles. The fraction of sp³-hybridized carbons (Fsp3) is 0.238. The Kier molecular flexibility index (Phi) is 6.73. The third-order valence-electron chi connectivity index (χ3n) is 4.70. The van der Waals surface area contributed by atoms with Crippen molar-refractivity contribution < 1.29 is 14.7 Å². The van der Waals surface area contributed by atoms with Gasteiger partial charge in [0.05, 0.1) is 22.9 Å². The number of aromatic amines is 1. The van der Waals surface area contributed by atoms with E-state index in [2.05, 4.69) is 10.3 Å². The van der Waals surface area contributed by atoms with Crippen molar-refractivity contribution in [2.45, 2.75) is 18.5 Å². The average molecular weight is 426 g/mol. The van der Waals surface area contributed by atoms with Crippen molar-refractivity contribution in [3.8, 4) is 0 Å². The lowest BCUT2D eigenvalue weighted by Crippen LogP contribution is -2.48. The van der Waals surface area contributed by atoms with E-state index >= 15 is 0 Å². The molecule has 8 nitrogen and oxygen atoms in total. The van der Waals surface area contributed by atoms with Crippen molar-refractivity contribution in [3.05, 3.63) is 81.0 Å². The summed E-state index contributed by atoms with van der Waals surface area (Å²) < 4.78 is 0.852. The molecule has 2 atom stereocenters. The molecule has 156 valence electrons. The molecule has 0 fully saturated rings. The standard InChI is InChI=1S/C21H21N3O5S/c1-30-12-11-16(18(25)23-17(20(27)28)13-7-3-2-4-8-13)24-19(26)14-9-5-6-10-15(14)22-21(24)29/h2-10,16-17H,11-12H2,1H3,(H,22,29)(H,23,25)(H,27,28)/p-1/t16-,17-/m0/s1. The summed E-state index contributed by atoms with van der Waals surface area (Å²) in [6, 6.07) is 12.0. The Bertz CT molecular complexity index is 1170. The Labute approximate surface area is 175 Å². The second kappa shape index (κ2) is 9.45. The fourth-order valence-corrected chi connectivity index (χ4v) is 3.69. The Balaban J connectivity index is 2.03. The summed E-state index contributed by atoms with van der Waals surface area (Å²) in [4.78, 5) is 52.9. The molecule has 1 aromatic heterocycles. The van der Waals surface area contributed by atoms with Crippen LogP contribution in [-0.2, 0) is 9.59 Å². The van der Waals surface area contributed by atoms with Crippen LogP contribution in [0.15, 0.2) is 64.2 Å². The number of para-hydroxylation sites is 1. The van der Waals surface area contributed by atoms with Crippen LogP contribution in [0.25, 0.3) is 10.9 Å². The highest BCUT2D eigenvalue weighted by atomic mass is 32.2. The molecule has 0 aliphatic rings. The summed E-state index contributed by atoms with van der Waals surface area (Å²) in [6.07, 6.45) is 2.00. The number of carboxylic acids is 1. The number of rotatable bonds is 8. The zero-order chi connectivity index (χ0) is 21.7. The predicted octanol–water partition coefficient (Wildman–Crippen LogP) is 0.591. The summed E-state index contributed by atoms with van der Waals surface area (Å²) in [5.41, 5.74) is -0.649. The Morgan fingerprint density at radius 1 is 1.10 bits per heavy atom. The predicted molar refractivity (Wildman–Crippen MR) is 113 cm³/mol. The minimum absolute atomic E-state index is 0.170. The number of thioether (sulfide) groups is 1. The Morgan fingerprint density at radius 3 is 2.43 bits per heavy atom. The molecule has 2 aromatic carbocycles. The van der Waals surface area contributed by atoms with Gasteiger partial charge in [-0.1, -0.05) is 42.5 Å². The van der Waals surface area contributed by atoms with Gasteiger partial charge in [-0.25, -0.2) is 9.36 Å². The van der Waals surface area contributed by atoms with Gasteiger partial charge in [0.25, 0.3) is 5.56 Å². The SMILES string of the molecule is CSCC[C@@H](C(=O)N[C@H](C(=O)[O-])c1ccccc1)n1c(=O)[nH]c2ccccc2c1=O. The largest absolute Gasteiger partial charge is 0.548 e. The number of benzene rings is 2. The highest BCUT2D eigenvalue weighted by molar-refractivity contribution is 7.98. The van der Waals surface area contributed by atoms with Crippen molar-refractivity contribution >= 4 is 34.5 Å². The van der Waals surface area contributed by atoms with Gasteiger partial charge >= 0.3 is 5.69 Å². The maximum absolute atomic E-state index is 13.1. The Hall–Kier alpha value is -3.33. The molecule has 1 amide bonds. The molecular formula is C21H20N3O5S-. The fourth-order valence-electron chi connectivity index (χ4n) is 3.23. The van der Waals surface area contributed by atoms with E-state index in [-0.39, 0.29) is 11.8 Å². The highest BCUT2D eigenvalue weighted by Crippen LogP contribution is 2.17. The molecule has 2 N–H and O–H groups in total. The van der Waals surface area contributed by atoms with Gasteiger partial charge in [-0.3, -0.25) is 9.59 Å². The number of carbonyl (C=O) groups excluding carboxylic acids is 2. The van der Waals surface area contributed by atoms with E-state index in [1.165, 1.54) is 11.8 Å². The van der Waals surface area contributed by atoms with Crippen LogP contribution in [0.1, 0.15) is 24.1 Å². The number of hydrogen-bond acceptors (Lipinski definition) is 6. The molecule has 0 saturated heterocycles. The van der Waals surface area contributed by atoms with Crippen molar-refractivity contribution in [2.75, 3.05) is 12.0 Å². The topological polar surface area (TPSA) is 124 Å². The maximum Gasteiger partial charge on any atom is 0.329 e. The average Bonchev–Trinajstić information content (AvgIpc) is 2.74. The molecular weight excluding hydrogens is 406 g/mol. The molecule has 9 heteroatoms. The van der Waals surface area contributed by atoms with Gasteiger partial charge in [-0.05, 0) is 36.1 Å². The number of nitrogens with one attached hydrogen (secondary N) is 2. The van der Waals surface area contributed by atoms with Gasteiger partial charge < -0.3 is 20.2 Å². The number of amides is 1. The van der Waals surface area contributed by atoms with Gasteiger partial charge in [0.15, 0.2) is 0 Å². The molecule has 3 rings (SSSR count). The molecule has 0 spiro atoms. The van der Waals surface area contributed by atoms with Gasteiger partial charge in [-0.2, -0.15) is 11.8 Å². The first-order chi connectivity index (χ1) is 14.4. The van der Waals surface area contributed by atoms with E-state index < -0.39 is 35.2 Å². The first-order valence-corrected chi connectivity index (χ1v) is 10.6. The lowest BCUT2D eigenvalue weighted by atomic mass is 10.1. The number of H-pyrrole nitrogens is 1. The van der Waals surface area contributed by atoms with Gasteiger partial charge in [0.2, 0.25) is 5.91 Å². The summed E-state index contributed by atoms with van der Waals surface area (Å²) in [6.45, 7) is 0. The molecule has 1 heterocycles. The van der Waals surface area contributed by atoms with Crippen molar-refractivity contribution in [1.29, 1.82) is 0 Å². The number of fused-ring (bicyclic) bond motifs is 1. The minimum atomic E-state index is -1.49. The summed E-state index contributed by atoms with van der Waals surface area (Å²) in [5.74, 6) is -1.75. The number of hydrogen-bond donors (Lipinski definition) is 2. The van der Waals surface area contributed by atoms with Crippen molar-refractivity contribution in [3.63, 3.8) is 0 Å². The van der Waals surface area contributed by atoms with E-state index in [0.29, 0.717) is 16.8 Å². The Morgan fingerprint density at radius 2 is 1.77 bits per heavy atom. The van der Waals surface area contributed by atoms with E-state index in [9.17, 15) is 24.3 Å². The van der Waals surface area contributed by atoms with Crippen molar-refractivity contribution in [1.82, 2.24) is 14.9 Å². The zero-order valence-corrected chi connectivity index (χ0v) is 17.0. The first kappa shape index (κ1) is 21.4. The van der Waals surface area contributed by atoms with Crippen LogP contribution < -0.4 is 21.7 Å². The molecule has 0 bridgehead atoms. The highest BCUT2D eigenvalue weighted by Gasteiger charge is 2.27. The third-order valence-corrected chi connectivity index (χ3v) is 5.35. The van der Waals surface area contributed by atoms with Gasteiger partial charge in [-0.15, -0.1) is 0 Å². The number of carbonyl (C=O) groups is 2. The smallest absolute Gasteiger partial charge is 0.329 e. The van der Waals surface area contributed by atoms with Crippen LogP contribution in [0, 0.1) is 0 Å². The van der Waals surface area contributed by atoms with Crippen LogP contribution in [0.5, 0.6) is 0 Å². The summed E-state index contributed by atoms with van der Waals surface area (Å²) >= 11 is 1.44. The monoisotopic (exact) mass is 426 g/mol. The van der Waals surface area contributed by atoms with Crippen LogP contribution in [-0.4, -0.2) is 33.4 Å². The molecule has 3 aromatic rings. The molecule has 0 unspecified atom stereocenters. The lowest BCUT2D eigenvalue weighted by Gasteiger charge is -2.24.